The first-order chi connectivity index (χ1) is 20.8. The Kier molecular flexibility index (Phi) is 7.79. The van der Waals surface area contributed by atoms with Crippen molar-refractivity contribution in [2.24, 2.45) is 0 Å². The average molecular weight is 585 g/mol. The van der Waals surface area contributed by atoms with E-state index in [-0.39, 0.29) is 19.8 Å². The number of aliphatic hydroxyl groups is 2. The number of aliphatic hydroxyl groups excluding tert-OH is 1. The van der Waals surface area contributed by atoms with Crippen LogP contribution in [0.15, 0.2) is 48.9 Å². The Balaban J connectivity index is 1.23. The Bertz CT molecular complexity index is 1610. The van der Waals surface area contributed by atoms with E-state index in [1.807, 2.05) is 36.7 Å². The second-order valence-corrected chi connectivity index (χ2v) is 11.7. The van der Waals surface area contributed by atoms with Crippen molar-refractivity contribution in [3.05, 3.63) is 60.0 Å². The van der Waals surface area contributed by atoms with Crippen molar-refractivity contribution in [2.75, 3.05) is 50.2 Å². The molecule has 4 aromatic heterocycles. The van der Waals surface area contributed by atoms with Crippen LogP contribution in [0.2, 0.25) is 0 Å². The minimum Gasteiger partial charge on any atom is -0.489 e. The number of piperidine rings is 1. The van der Waals surface area contributed by atoms with Crippen molar-refractivity contribution in [3.8, 4) is 28.8 Å². The fourth-order valence-corrected chi connectivity index (χ4v) is 5.82. The highest BCUT2D eigenvalue weighted by atomic mass is 16.5. The maximum absolute atomic E-state index is 10.2. The third-order valence-corrected chi connectivity index (χ3v) is 7.91. The minimum absolute atomic E-state index is 0.0837. The molecule has 2 atom stereocenters. The first-order valence-corrected chi connectivity index (χ1v) is 14.4. The first-order valence-electron chi connectivity index (χ1n) is 14.4. The van der Waals surface area contributed by atoms with Gasteiger partial charge >= 0.3 is 0 Å². The Morgan fingerprint density at radius 1 is 1.14 bits per heavy atom. The summed E-state index contributed by atoms with van der Waals surface area (Å²) in [7, 11) is 1.62. The third-order valence-electron chi connectivity index (χ3n) is 7.91. The van der Waals surface area contributed by atoms with E-state index < -0.39 is 5.60 Å². The molecular formula is C31H36N8O4. The van der Waals surface area contributed by atoms with Crippen LogP contribution in [0.3, 0.4) is 0 Å². The molecule has 224 valence electrons. The number of piperazine rings is 1. The Hall–Kier alpha value is -4.44. The molecular weight excluding hydrogens is 548 g/mol. The zero-order valence-corrected chi connectivity index (χ0v) is 24.6. The average Bonchev–Trinajstić information content (AvgIpc) is 3.38. The summed E-state index contributed by atoms with van der Waals surface area (Å²) in [5.41, 5.74) is 2.67. The molecule has 2 bridgehead atoms. The second kappa shape index (κ2) is 11.7. The number of anilines is 2. The van der Waals surface area contributed by atoms with Crippen LogP contribution in [0.25, 0.3) is 16.6 Å². The van der Waals surface area contributed by atoms with Crippen LogP contribution in [0.4, 0.5) is 11.6 Å². The molecule has 7 heterocycles. The standard InChI is InChI=1S/C31H36N8O4/c1-31(2,41)19-43-24-11-25(29-26(12-32)30(33-8-9-40)36-39(29)18-24)21-5-6-27(34-14-21)37-16-22-10-23(17-37)38(22)15-20-4-7-28(42-3)35-13-20/h4-7,11,13-14,18,22-23,40-41H,8-10,15-17,19H2,1-3H3,(H,33,36). The van der Waals surface area contributed by atoms with Crippen LogP contribution in [0.1, 0.15) is 31.4 Å². The van der Waals surface area contributed by atoms with Gasteiger partial charge in [0.25, 0.3) is 0 Å². The van der Waals surface area contributed by atoms with Gasteiger partial charge in [-0.3, -0.25) is 4.90 Å². The molecule has 3 fully saturated rings. The number of nitrogens with one attached hydrogen (secondary N) is 1. The third kappa shape index (κ3) is 5.92. The SMILES string of the molecule is COc1ccc(CN2C3CC2CN(c2ccc(-c4cc(OCC(C)(C)O)cn5nc(NCCO)c(C#N)c45)cn2)C3)cn1. The monoisotopic (exact) mass is 584 g/mol. The van der Waals surface area contributed by atoms with Gasteiger partial charge in [0.2, 0.25) is 5.88 Å². The summed E-state index contributed by atoms with van der Waals surface area (Å²) >= 11 is 0. The van der Waals surface area contributed by atoms with E-state index in [2.05, 4.69) is 37.3 Å². The molecule has 0 amide bonds. The summed E-state index contributed by atoms with van der Waals surface area (Å²) in [4.78, 5) is 14.1. The van der Waals surface area contributed by atoms with Crippen molar-refractivity contribution < 1.29 is 19.7 Å². The van der Waals surface area contributed by atoms with Crippen molar-refractivity contribution in [1.29, 1.82) is 5.26 Å². The Labute approximate surface area is 250 Å². The molecule has 3 aliphatic heterocycles. The highest BCUT2D eigenvalue weighted by molar-refractivity contribution is 5.88. The smallest absolute Gasteiger partial charge is 0.212 e. The van der Waals surface area contributed by atoms with Gasteiger partial charge in [0.15, 0.2) is 5.82 Å². The molecule has 12 nitrogen and oxygen atoms in total. The summed E-state index contributed by atoms with van der Waals surface area (Å²) in [6, 6.07) is 13.0. The van der Waals surface area contributed by atoms with Crippen molar-refractivity contribution in [3.63, 3.8) is 0 Å². The Morgan fingerprint density at radius 2 is 1.95 bits per heavy atom. The van der Waals surface area contributed by atoms with E-state index in [9.17, 15) is 15.5 Å². The van der Waals surface area contributed by atoms with Gasteiger partial charge in [-0.15, -0.1) is 5.10 Å². The number of hydrogen-bond donors (Lipinski definition) is 3. The van der Waals surface area contributed by atoms with Gasteiger partial charge in [-0.1, -0.05) is 6.07 Å². The van der Waals surface area contributed by atoms with Gasteiger partial charge < -0.3 is 29.9 Å². The van der Waals surface area contributed by atoms with Gasteiger partial charge in [-0.25, -0.2) is 14.5 Å². The number of methoxy groups -OCH3 is 1. The molecule has 43 heavy (non-hydrogen) atoms. The molecule has 7 rings (SSSR count). The number of nitrogens with zero attached hydrogens (tertiary/aromatic N) is 7. The molecule has 3 aliphatic rings. The number of fused-ring (bicyclic) bond motifs is 3. The van der Waals surface area contributed by atoms with Crippen molar-refractivity contribution >= 4 is 17.2 Å². The molecule has 0 spiro atoms. The number of ether oxygens (including phenoxy) is 2. The van der Waals surface area contributed by atoms with Gasteiger partial charge in [-0.05, 0) is 44.0 Å². The highest BCUT2D eigenvalue weighted by Crippen LogP contribution is 2.37. The van der Waals surface area contributed by atoms with Crippen LogP contribution in [0, 0.1) is 11.3 Å². The first kappa shape index (κ1) is 28.7. The van der Waals surface area contributed by atoms with Crippen LogP contribution < -0.4 is 19.7 Å². The van der Waals surface area contributed by atoms with E-state index >= 15 is 0 Å². The summed E-state index contributed by atoms with van der Waals surface area (Å²) < 4.78 is 12.7. The summed E-state index contributed by atoms with van der Waals surface area (Å²) in [5, 5.41) is 37.1. The zero-order valence-electron chi connectivity index (χ0n) is 24.6. The van der Waals surface area contributed by atoms with Crippen LogP contribution in [-0.2, 0) is 6.54 Å². The topological polar surface area (TPSA) is 144 Å². The molecule has 0 aromatic carbocycles. The lowest BCUT2D eigenvalue weighted by Crippen LogP contribution is -2.68. The molecule has 0 saturated carbocycles. The van der Waals surface area contributed by atoms with Crippen LogP contribution in [0.5, 0.6) is 11.6 Å². The molecule has 0 radical (unpaired) electrons. The predicted octanol–water partition coefficient (Wildman–Crippen LogP) is 2.69. The fourth-order valence-electron chi connectivity index (χ4n) is 5.82. The van der Waals surface area contributed by atoms with Crippen LogP contribution in [-0.4, -0.2) is 92.3 Å². The number of rotatable bonds is 11. The minimum atomic E-state index is -1.02. The van der Waals surface area contributed by atoms with Crippen molar-refractivity contribution in [2.45, 2.75) is 44.5 Å². The lowest BCUT2D eigenvalue weighted by atomic mass is 9.87. The van der Waals surface area contributed by atoms with E-state index in [1.165, 1.54) is 12.0 Å². The quantitative estimate of drug-likeness (QED) is 0.239. The fraction of sp³-hybridized carbons (Fsp3) is 0.419. The lowest BCUT2D eigenvalue weighted by molar-refractivity contribution is -0.00876. The van der Waals surface area contributed by atoms with E-state index in [0.717, 1.165) is 36.6 Å². The van der Waals surface area contributed by atoms with Gasteiger partial charge in [0.05, 0.1) is 31.0 Å². The number of nitriles is 1. The molecule has 3 N–H and O–H groups in total. The van der Waals surface area contributed by atoms with Gasteiger partial charge in [0, 0.05) is 67.8 Å². The molecule has 4 aromatic rings. The normalized spacial score (nSPS) is 18.3. The summed E-state index contributed by atoms with van der Waals surface area (Å²) in [6.45, 7) is 6.28. The highest BCUT2D eigenvalue weighted by Gasteiger charge is 2.44. The molecule has 12 heteroatoms. The molecule has 0 aliphatic carbocycles. The summed E-state index contributed by atoms with van der Waals surface area (Å²) in [6.07, 6.45) is 6.57. The van der Waals surface area contributed by atoms with Crippen LogP contribution >= 0.6 is 0 Å². The lowest BCUT2D eigenvalue weighted by Gasteiger charge is -2.56. The van der Waals surface area contributed by atoms with E-state index in [4.69, 9.17) is 14.5 Å². The van der Waals surface area contributed by atoms with Crippen molar-refractivity contribution in [1.82, 2.24) is 24.5 Å². The largest absolute Gasteiger partial charge is 0.489 e. The van der Waals surface area contributed by atoms with Gasteiger partial charge in [0.1, 0.15) is 29.8 Å². The Morgan fingerprint density at radius 3 is 2.58 bits per heavy atom. The maximum Gasteiger partial charge on any atom is 0.212 e. The number of aromatic nitrogens is 4. The zero-order chi connectivity index (χ0) is 30.1. The maximum atomic E-state index is 10.2. The summed E-state index contributed by atoms with van der Waals surface area (Å²) in [5.74, 6) is 2.41. The number of pyridine rings is 3. The van der Waals surface area contributed by atoms with E-state index in [0.29, 0.717) is 40.6 Å². The molecule has 3 saturated heterocycles. The predicted molar refractivity (Wildman–Crippen MR) is 161 cm³/mol. The number of hydrogen-bond acceptors (Lipinski definition) is 11. The molecule has 2 unspecified atom stereocenters. The van der Waals surface area contributed by atoms with E-state index in [1.54, 1.807) is 31.7 Å². The van der Waals surface area contributed by atoms with Gasteiger partial charge in [-0.2, -0.15) is 5.26 Å². The second-order valence-electron chi connectivity index (χ2n) is 11.7.